The van der Waals surface area contributed by atoms with Crippen molar-refractivity contribution in [3.8, 4) is 5.75 Å². The summed E-state index contributed by atoms with van der Waals surface area (Å²) in [6.07, 6.45) is 4.50. The first-order valence-electron chi connectivity index (χ1n) is 8.41. The first-order chi connectivity index (χ1) is 12.7. The molecular formula is C21H20N2O2S. The van der Waals surface area contributed by atoms with Gasteiger partial charge in [-0.2, -0.15) is 0 Å². The molecule has 1 aliphatic heterocycles. The van der Waals surface area contributed by atoms with Crippen LogP contribution < -0.4 is 10.1 Å². The normalized spacial score (nSPS) is 16.7. The van der Waals surface area contributed by atoms with Gasteiger partial charge in [0.15, 0.2) is 5.17 Å². The summed E-state index contributed by atoms with van der Waals surface area (Å²) in [4.78, 5) is 17.4. The molecule has 0 bridgehead atoms. The van der Waals surface area contributed by atoms with Crippen molar-refractivity contribution in [2.75, 3.05) is 6.61 Å². The van der Waals surface area contributed by atoms with Crippen LogP contribution >= 0.6 is 11.8 Å². The fourth-order valence-electron chi connectivity index (χ4n) is 2.43. The van der Waals surface area contributed by atoms with Crippen LogP contribution in [-0.4, -0.2) is 17.7 Å². The van der Waals surface area contributed by atoms with E-state index in [0.29, 0.717) is 22.4 Å². The third kappa shape index (κ3) is 4.43. The smallest absolute Gasteiger partial charge is 0.264 e. The average Bonchev–Trinajstić information content (AvgIpc) is 3.00. The van der Waals surface area contributed by atoms with Crippen LogP contribution in [0.15, 0.2) is 71.1 Å². The minimum atomic E-state index is -0.155. The second-order valence-corrected chi connectivity index (χ2v) is 6.67. The summed E-state index contributed by atoms with van der Waals surface area (Å²) in [5.74, 6) is 0.561. The van der Waals surface area contributed by atoms with Crippen molar-refractivity contribution in [1.82, 2.24) is 5.32 Å². The molecule has 132 valence electrons. The van der Waals surface area contributed by atoms with Gasteiger partial charge < -0.3 is 10.1 Å². The summed E-state index contributed by atoms with van der Waals surface area (Å²) in [6, 6.07) is 15.6. The Kier molecular flexibility index (Phi) is 5.92. The Morgan fingerprint density at radius 2 is 1.96 bits per heavy atom. The van der Waals surface area contributed by atoms with E-state index >= 15 is 0 Å². The summed E-state index contributed by atoms with van der Waals surface area (Å²) in [7, 11) is 0. The monoisotopic (exact) mass is 364 g/mol. The van der Waals surface area contributed by atoms with E-state index in [9.17, 15) is 4.79 Å². The lowest BCUT2D eigenvalue weighted by Crippen LogP contribution is -2.19. The van der Waals surface area contributed by atoms with Crippen LogP contribution in [0.3, 0.4) is 0 Å². The molecule has 0 aliphatic carbocycles. The molecule has 0 unspecified atom stereocenters. The number of nitrogens with one attached hydrogen (secondary N) is 1. The highest BCUT2D eigenvalue weighted by Crippen LogP contribution is 2.30. The Balaban J connectivity index is 1.80. The van der Waals surface area contributed by atoms with Gasteiger partial charge in [-0.15, -0.1) is 0 Å². The Morgan fingerprint density at radius 1 is 1.19 bits per heavy atom. The number of amidine groups is 1. The number of nitrogens with zero attached hydrogens (tertiary/aromatic N) is 1. The van der Waals surface area contributed by atoms with E-state index in [2.05, 4.69) is 23.8 Å². The van der Waals surface area contributed by atoms with Crippen molar-refractivity contribution in [1.29, 1.82) is 0 Å². The van der Waals surface area contributed by atoms with Gasteiger partial charge in [0, 0.05) is 5.56 Å². The third-order valence-corrected chi connectivity index (χ3v) is 4.70. The second kappa shape index (κ2) is 8.54. The molecule has 1 heterocycles. The zero-order chi connectivity index (χ0) is 18.4. The number of carbonyl (C=O) groups is 1. The highest BCUT2D eigenvalue weighted by molar-refractivity contribution is 8.18. The number of hydrogen-bond acceptors (Lipinski definition) is 4. The van der Waals surface area contributed by atoms with Gasteiger partial charge in [0.05, 0.1) is 10.6 Å². The van der Waals surface area contributed by atoms with Crippen LogP contribution in [0.4, 0.5) is 5.69 Å². The SMILES string of the molecule is C=CCOc1ccccc1C=C1SC(=Nc2ccc(CC)cc2)NC1=O. The molecule has 1 N–H and O–H groups in total. The van der Waals surface area contributed by atoms with Crippen LogP contribution in [0.5, 0.6) is 5.75 Å². The van der Waals surface area contributed by atoms with E-state index in [1.54, 1.807) is 6.08 Å². The number of hydrogen-bond donors (Lipinski definition) is 1. The maximum atomic E-state index is 12.3. The number of thioether (sulfide) groups is 1. The van der Waals surface area contributed by atoms with Crippen molar-refractivity contribution in [3.63, 3.8) is 0 Å². The van der Waals surface area contributed by atoms with E-state index in [0.717, 1.165) is 17.7 Å². The lowest BCUT2D eigenvalue weighted by Gasteiger charge is -2.06. The molecule has 1 saturated heterocycles. The molecule has 3 rings (SSSR count). The first kappa shape index (κ1) is 18.0. The average molecular weight is 364 g/mol. The Morgan fingerprint density at radius 3 is 2.69 bits per heavy atom. The quantitative estimate of drug-likeness (QED) is 0.597. The molecule has 0 saturated carbocycles. The van der Waals surface area contributed by atoms with E-state index in [-0.39, 0.29) is 5.91 Å². The molecule has 2 aromatic rings. The zero-order valence-electron chi connectivity index (χ0n) is 14.6. The lowest BCUT2D eigenvalue weighted by molar-refractivity contribution is -0.115. The van der Waals surface area contributed by atoms with Crippen molar-refractivity contribution < 1.29 is 9.53 Å². The van der Waals surface area contributed by atoms with Gasteiger partial charge in [-0.1, -0.05) is 49.9 Å². The minimum absolute atomic E-state index is 0.155. The molecular weight excluding hydrogens is 344 g/mol. The van der Waals surface area contributed by atoms with E-state index in [1.165, 1.54) is 17.3 Å². The molecule has 2 aromatic carbocycles. The molecule has 1 aliphatic rings. The van der Waals surface area contributed by atoms with E-state index < -0.39 is 0 Å². The summed E-state index contributed by atoms with van der Waals surface area (Å²) in [5.41, 5.74) is 2.93. The summed E-state index contributed by atoms with van der Waals surface area (Å²) < 4.78 is 5.64. The number of ether oxygens (including phenoxy) is 1. The van der Waals surface area contributed by atoms with Gasteiger partial charge in [0.2, 0.25) is 0 Å². The topological polar surface area (TPSA) is 50.7 Å². The number of amides is 1. The van der Waals surface area contributed by atoms with Crippen molar-refractivity contribution in [2.45, 2.75) is 13.3 Å². The highest BCUT2D eigenvalue weighted by atomic mass is 32.2. The summed E-state index contributed by atoms with van der Waals surface area (Å²) >= 11 is 1.33. The Labute approximate surface area is 157 Å². The largest absolute Gasteiger partial charge is 0.489 e. The summed E-state index contributed by atoms with van der Waals surface area (Å²) in [6.45, 7) is 6.19. The Hall–Kier alpha value is -2.79. The van der Waals surface area contributed by atoms with E-state index in [4.69, 9.17) is 4.74 Å². The molecule has 0 spiro atoms. The Bertz CT molecular complexity index is 870. The zero-order valence-corrected chi connectivity index (χ0v) is 15.4. The van der Waals surface area contributed by atoms with Crippen LogP contribution in [0.2, 0.25) is 0 Å². The first-order valence-corrected chi connectivity index (χ1v) is 9.22. The predicted octanol–water partition coefficient (Wildman–Crippen LogP) is 4.71. The van der Waals surface area contributed by atoms with Crippen molar-refractivity contribution in [2.24, 2.45) is 4.99 Å². The predicted molar refractivity (Wildman–Crippen MR) is 109 cm³/mol. The molecule has 26 heavy (non-hydrogen) atoms. The highest BCUT2D eigenvalue weighted by Gasteiger charge is 2.24. The number of benzene rings is 2. The number of para-hydroxylation sites is 1. The molecule has 5 heteroatoms. The van der Waals surface area contributed by atoms with Crippen LogP contribution in [0, 0.1) is 0 Å². The number of aliphatic imine (C=N–C) groups is 1. The fraction of sp³-hybridized carbons (Fsp3) is 0.143. The maximum absolute atomic E-state index is 12.3. The molecule has 4 nitrogen and oxygen atoms in total. The van der Waals surface area contributed by atoms with Gasteiger partial charge in [0.1, 0.15) is 12.4 Å². The maximum Gasteiger partial charge on any atom is 0.264 e. The fourth-order valence-corrected chi connectivity index (χ4v) is 3.26. The van der Waals surface area contributed by atoms with Crippen molar-refractivity contribution >= 4 is 34.6 Å². The van der Waals surface area contributed by atoms with E-state index in [1.807, 2.05) is 54.6 Å². The van der Waals surface area contributed by atoms with Crippen LogP contribution in [0.25, 0.3) is 6.08 Å². The number of carbonyl (C=O) groups excluding carboxylic acids is 1. The molecule has 0 radical (unpaired) electrons. The standard InChI is InChI=1S/C21H20N2O2S/c1-3-13-25-18-8-6-5-7-16(18)14-19-20(24)23-21(26-19)22-17-11-9-15(4-2)10-12-17/h3,5-12,14H,1,4,13H2,2H3,(H,22,23,24). The minimum Gasteiger partial charge on any atom is -0.489 e. The third-order valence-electron chi connectivity index (χ3n) is 3.79. The van der Waals surface area contributed by atoms with Gasteiger partial charge in [-0.3, -0.25) is 4.79 Å². The van der Waals surface area contributed by atoms with Gasteiger partial charge in [0.25, 0.3) is 5.91 Å². The molecule has 1 fully saturated rings. The van der Waals surface area contributed by atoms with Gasteiger partial charge in [-0.05, 0) is 48.0 Å². The van der Waals surface area contributed by atoms with Gasteiger partial charge >= 0.3 is 0 Å². The van der Waals surface area contributed by atoms with Crippen LogP contribution in [0.1, 0.15) is 18.1 Å². The molecule has 0 atom stereocenters. The van der Waals surface area contributed by atoms with Gasteiger partial charge in [-0.25, -0.2) is 4.99 Å². The number of aryl methyl sites for hydroxylation is 1. The van der Waals surface area contributed by atoms with Crippen LogP contribution in [-0.2, 0) is 11.2 Å². The lowest BCUT2D eigenvalue weighted by atomic mass is 10.2. The summed E-state index contributed by atoms with van der Waals surface area (Å²) in [5, 5.41) is 3.39. The molecule has 1 amide bonds. The number of rotatable bonds is 6. The van der Waals surface area contributed by atoms with Crippen molar-refractivity contribution in [3.05, 3.63) is 77.2 Å². The molecule has 0 aromatic heterocycles. The second-order valence-electron chi connectivity index (χ2n) is 5.64.